The maximum atomic E-state index is 5.91. The van der Waals surface area contributed by atoms with Crippen LogP contribution in [0.3, 0.4) is 0 Å². The highest BCUT2D eigenvalue weighted by Gasteiger charge is 2.21. The zero-order chi connectivity index (χ0) is 11.0. The van der Waals surface area contributed by atoms with Gasteiger partial charge in [-0.25, -0.2) is 0 Å². The van der Waals surface area contributed by atoms with E-state index in [1.54, 1.807) is 0 Å². The van der Waals surface area contributed by atoms with E-state index in [4.69, 9.17) is 11.6 Å². The summed E-state index contributed by atoms with van der Waals surface area (Å²) in [6.07, 6.45) is 11.5. The summed E-state index contributed by atoms with van der Waals surface area (Å²) in [6.45, 7) is 0. The molecule has 0 saturated heterocycles. The van der Waals surface area contributed by atoms with Crippen LogP contribution in [0.5, 0.6) is 0 Å². The summed E-state index contributed by atoms with van der Waals surface area (Å²) < 4.78 is 0. The monoisotopic (exact) mass is 228 g/mol. The molecule has 0 fully saturated rings. The first-order chi connectivity index (χ1) is 7.84. The lowest BCUT2D eigenvalue weighted by Crippen LogP contribution is -1.98. The van der Waals surface area contributed by atoms with Crippen molar-refractivity contribution in [3.8, 4) is 0 Å². The Morgan fingerprint density at radius 2 is 1.88 bits per heavy atom. The Balaban J connectivity index is 1.97. The van der Waals surface area contributed by atoms with Gasteiger partial charge in [-0.15, -0.1) is 0 Å². The molecule has 0 amide bonds. The molecule has 1 aromatic carbocycles. The smallest absolute Gasteiger partial charge is 0.0406 e. The van der Waals surface area contributed by atoms with E-state index >= 15 is 0 Å². The van der Waals surface area contributed by atoms with Crippen LogP contribution in [0, 0.1) is 0 Å². The average Bonchev–Trinajstić information content (AvgIpc) is 2.74. The molecule has 0 aliphatic heterocycles. The van der Waals surface area contributed by atoms with Crippen molar-refractivity contribution in [2.24, 2.45) is 0 Å². The van der Waals surface area contributed by atoms with Gasteiger partial charge in [0, 0.05) is 10.9 Å². The van der Waals surface area contributed by atoms with Crippen molar-refractivity contribution in [3.05, 3.63) is 70.3 Å². The van der Waals surface area contributed by atoms with E-state index < -0.39 is 0 Å². The Bertz CT molecular complexity index is 489. The molecule has 1 atom stereocenters. The number of hydrogen-bond donors (Lipinski definition) is 0. The summed E-state index contributed by atoms with van der Waals surface area (Å²) in [6, 6.07) is 8.18. The SMILES string of the molecule is Clc1ccc(C2C=CC3=C2C=CCC3)cc1. The molecular weight excluding hydrogens is 216 g/mol. The lowest BCUT2D eigenvalue weighted by molar-refractivity contribution is 0.941. The molecule has 2 aliphatic carbocycles. The normalized spacial score (nSPS) is 22.7. The third-order valence-electron chi connectivity index (χ3n) is 3.30. The largest absolute Gasteiger partial charge is 0.0843 e. The van der Waals surface area contributed by atoms with E-state index in [9.17, 15) is 0 Å². The maximum Gasteiger partial charge on any atom is 0.0406 e. The molecule has 1 heteroatoms. The van der Waals surface area contributed by atoms with Crippen molar-refractivity contribution >= 4 is 11.6 Å². The van der Waals surface area contributed by atoms with Crippen LogP contribution in [0.15, 0.2) is 59.7 Å². The minimum Gasteiger partial charge on any atom is -0.0843 e. The predicted octanol–water partition coefficient (Wildman–Crippen LogP) is 4.64. The second-order valence-electron chi connectivity index (χ2n) is 4.31. The summed E-state index contributed by atoms with van der Waals surface area (Å²) in [5, 5.41) is 0.805. The standard InChI is InChI=1S/C15H13Cl/c16-13-8-5-12(6-9-13)15-10-7-11-3-1-2-4-14(11)15/h2,4-10,15H,1,3H2. The molecule has 0 radical (unpaired) electrons. The van der Waals surface area contributed by atoms with E-state index in [0.717, 1.165) is 5.02 Å². The van der Waals surface area contributed by atoms with Gasteiger partial charge in [0.2, 0.25) is 0 Å². The van der Waals surface area contributed by atoms with Gasteiger partial charge in [-0.2, -0.15) is 0 Å². The van der Waals surface area contributed by atoms with Crippen LogP contribution in [0.25, 0.3) is 0 Å². The Morgan fingerprint density at radius 1 is 1.06 bits per heavy atom. The van der Waals surface area contributed by atoms with Crippen LogP contribution < -0.4 is 0 Å². The Labute approximate surface area is 101 Å². The van der Waals surface area contributed by atoms with Crippen molar-refractivity contribution in [1.82, 2.24) is 0 Å². The topological polar surface area (TPSA) is 0 Å². The molecule has 0 saturated carbocycles. The Morgan fingerprint density at radius 3 is 2.69 bits per heavy atom. The van der Waals surface area contributed by atoms with Gasteiger partial charge in [0.25, 0.3) is 0 Å². The minimum atomic E-state index is 0.434. The van der Waals surface area contributed by atoms with Gasteiger partial charge < -0.3 is 0 Å². The average molecular weight is 229 g/mol. The number of allylic oxidation sites excluding steroid dienone is 6. The van der Waals surface area contributed by atoms with Gasteiger partial charge in [0.1, 0.15) is 0 Å². The van der Waals surface area contributed by atoms with Crippen molar-refractivity contribution in [1.29, 1.82) is 0 Å². The molecular formula is C15H13Cl. The molecule has 0 spiro atoms. The third-order valence-corrected chi connectivity index (χ3v) is 3.55. The van der Waals surface area contributed by atoms with Crippen LogP contribution >= 0.6 is 11.6 Å². The quantitative estimate of drug-likeness (QED) is 0.657. The van der Waals surface area contributed by atoms with Crippen LogP contribution in [-0.4, -0.2) is 0 Å². The summed E-state index contributed by atoms with van der Waals surface area (Å²) in [5.41, 5.74) is 4.30. The summed E-state index contributed by atoms with van der Waals surface area (Å²) in [4.78, 5) is 0. The van der Waals surface area contributed by atoms with E-state index in [0.29, 0.717) is 5.92 Å². The fraction of sp³-hybridized carbons (Fsp3) is 0.200. The minimum absolute atomic E-state index is 0.434. The zero-order valence-corrected chi connectivity index (χ0v) is 9.74. The van der Waals surface area contributed by atoms with Gasteiger partial charge in [0.05, 0.1) is 0 Å². The fourth-order valence-corrected chi connectivity index (χ4v) is 2.59. The number of halogens is 1. The highest BCUT2D eigenvalue weighted by atomic mass is 35.5. The molecule has 0 bridgehead atoms. The molecule has 80 valence electrons. The molecule has 0 heterocycles. The van der Waals surface area contributed by atoms with Gasteiger partial charge in [-0.3, -0.25) is 0 Å². The van der Waals surface area contributed by atoms with Gasteiger partial charge >= 0.3 is 0 Å². The first kappa shape index (κ1) is 9.92. The molecule has 2 aliphatic rings. The third kappa shape index (κ3) is 1.64. The molecule has 0 nitrogen and oxygen atoms in total. The van der Waals surface area contributed by atoms with Crippen molar-refractivity contribution < 1.29 is 0 Å². The lowest BCUT2D eigenvalue weighted by Gasteiger charge is -2.15. The summed E-state index contributed by atoms with van der Waals surface area (Å²) in [5.74, 6) is 0.434. The molecule has 1 unspecified atom stereocenters. The van der Waals surface area contributed by atoms with Crippen LogP contribution in [0.4, 0.5) is 0 Å². The van der Waals surface area contributed by atoms with E-state index in [2.05, 4.69) is 36.4 Å². The fourth-order valence-electron chi connectivity index (χ4n) is 2.46. The number of benzene rings is 1. The molecule has 0 N–H and O–H groups in total. The number of rotatable bonds is 1. The van der Waals surface area contributed by atoms with Gasteiger partial charge in [-0.1, -0.05) is 48.0 Å². The van der Waals surface area contributed by atoms with Crippen molar-refractivity contribution in [3.63, 3.8) is 0 Å². The molecule has 1 aromatic rings. The van der Waals surface area contributed by atoms with E-state index in [-0.39, 0.29) is 0 Å². The van der Waals surface area contributed by atoms with E-state index in [1.807, 2.05) is 12.1 Å². The zero-order valence-electron chi connectivity index (χ0n) is 8.99. The number of hydrogen-bond acceptors (Lipinski definition) is 0. The van der Waals surface area contributed by atoms with Crippen molar-refractivity contribution in [2.45, 2.75) is 18.8 Å². The van der Waals surface area contributed by atoms with Crippen LogP contribution in [0.1, 0.15) is 24.3 Å². The lowest BCUT2D eigenvalue weighted by atomic mass is 9.89. The molecule has 0 aromatic heterocycles. The van der Waals surface area contributed by atoms with Gasteiger partial charge in [-0.05, 0) is 41.7 Å². The second kappa shape index (κ2) is 3.95. The van der Waals surface area contributed by atoms with Crippen LogP contribution in [-0.2, 0) is 0 Å². The Kier molecular flexibility index (Phi) is 2.45. The maximum absolute atomic E-state index is 5.91. The van der Waals surface area contributed by atoms with E-state index in [1.165, 1.54) is 29.6 Å². The van der Waals surface area contributed by atoms with Gasteiger partial charge in [0.15, 0.2) is 0 Å². The predicted molar refractivity (Wildman–Crippen MR) is 68.7 cm³/mol. The first-order valence-corrected chi connectivity index (χ1v) is 6.05. The summed E-state index contributed by atoms with van der Waals surface area (Å²) >= 11 is 5.91. The Hall–Kier alpha value is -1.27. The highest BCUT2D eigenvalue weighted by Crippen LogP contribution is 2.38. The first-order valence-electron chi connectivity index (χ1n) is 5.68. The van der Waals surface area contributed by atoms with Crippen molar-refractivity contribution in [2.75, 3.05) is 0 Å². The molecule has 16 heavy (non-hydrogen) atoms. The second-order valence-corrected chi connectivity index (χ2v) is 4.75. The molecule has 3 rings (SSSR count). The highest BCUT2D eigenvalue weighted by molar-refractivity contribution is 6.30. The van der Waals surface area contributed by atoms with Crippen LogP contribution in [0.2, 0.25) is 5.02 Å². The summed E-state index contributed by atoms with van der Waals surface area (Å²) in [7, 11) is 0.